The summed E-state index contributed by atoms with van der Waals surface area (Å²) in [4.78, 5) is 15.1. The maximum absolute atomic E-state index is 11.7. The topological polar surface area (TPSA) is 46.5 Å². The predicted octanol–water partition coefficient (Wildman–Crippen LogP) is 7.25. The van der Waals surface area contributed by atoms with Gasteiger partial charge in [0.2, 0.25) is 0 Å². The molecule has 0 aliphatic rings. The Morgan fingerprint density at radius 1 is 0.706 bits per heavy atom. The third-order valence-corrected chi connectivity index (χ3v) is 7.42. The zero-order valence-corrected chi connectivity index (χ0v) is 20.3. The largest absolute Gasteiger partial charge is 0.493 e. The summed E-state index contributed by atoms with van der Waals surface area (Å²) in [7, 11) is 0. The van der Waals surface area contributed by atoms with Crippen molar-refractivity contribution in [2.45, 2.75) is 32.8 Å². The van der Waals surface area contributed by atoms with Crippen LogP contribution in [0.2, 0.25) is 0 Å². The van der Waals surface area contributed by atoms with Crippen molar-refractivity contribution in [3.63, 3.8) is 0 Å². The van der Waals surface area contributed by atoms with Gasteiger partial charge in [0.05, 0.1) is 6.61 Å². The van der Waals surface area contributed by atoms with E-state index in [0.29, 0.717) is 13.0 Å². The molecule has 34 heavy (non-hydrogen) atoms. The summed E-state index contributed by atoms with van der Waals surface area (Å²) >= 11 is 3.13. The Hall–Kier alpha value is -3.15. The molecule has 0 heterocycles. The molecule has 0 aliphatic carbocycles. The molecule has 0 radical (unpaired) electrons. The maximum Gasteiger partial charge on any atom is 0.317 e. The summed E-state index contributed by atoms with van der Waals surface area (Å²) in [6, 6.07) is 36.3. The maximum atomic E-state index is 11.7. The number of carboxylic acid groups (broad SMARTS) is 1. The third-order valence-electron chi connectivity index (χ3n) is 5.20. The van der Waals surface area contributed by atoms with Crippen molar-refractivity contribution in [3.8, 4) is 5.75 Å². The van der Waals surface area contributed by atoms with Crippen molar-refractivity contribution in [1.82, 2.24) is 0 Å². The molecule has 0 fully saturated rings. The molecule has 4 rings (SSSR count). The highest BCUT2D eigenvalue weighted by atomic mass is 32.2. The minimum absolute atomic E-state index is 0.461. The summed E-state index contributed by atoms with van der Waals surface area (Å²) in [5, 5.41) is 9.09. The second-order valence-corrected chi connectivity index (χ2v) is 10.2. The van der Waals surface area contributed by atoms with Crippen LogP contribution in [0.15, 0.2) is 124 Å². The minimum Gasteiger partial charge on any atom is -0.493 e. The second kappa shape index (κ2) is 12.4. The molecule has 172 valence electrons. The zero-order valence-electron chi connectivity index (χ0n) is 18.7. The van der Waals surface area contributed by atoms with E-state index in [2.05, 4.69) is 48.5 Å². The molecule has 5 heteroatoms. The monoisotopic (exact) mass is 486 g/mol. The van der Waals surface area contributed by atoms with Crippen LogP contribution in [-0.2, 0) is 17.6 Å². The summed E-state index contributed by atoms with van der Waals surface area (Å²) in [5.41, 5.74) is 2.21. The number of carbonyl (C=O) groups is 1. The van der Waals surface area contributed by atoms with E-state index in [0.717, 1.165) is 22.6 Å². The first-order valence-electron chi connectivity index (χ1n) is 11.1. The molecule has 0 bridgehead atoms. The van der Waals surface area contributed by atoms with Crippen molar-refractivity contribution in [3.05, 3.63) is 120 Å². The molecule has 0 saturated carbocycles. The number of thioether (sulfide) groups is 1. The number of ether oxygens (including phenoxy) is 1. The molecule has 1 atom stereocenters. The van der Waals surface area contributed by atoms with Crippen LogP contribution in [-0.4, -0.2) is 22.9 Å². The van der Waals surface area contributed by atoms with Gasteiger partial charge >= 0.3 is 5.97 Å². The van der Waals surface area contributed by atoms with Gasteiger partial charge in [-0.3, -0.25) is 4.79 Å². The van der Waals surface area contributed by atoms with Crippen LogP contribution >= 0.6 is 23.5 Å². The molecule has 0 aromatic heterocycles. The molecule has 4 aromatic carbocycles. The molecule has 0 aliphatic heterocycles. The molecular weight excluding hydrogens is 460 g/mol. The van der Waals surface area contributed by atoms with Gasteiger partial charge in [-0.2, -0.15) is 0 Å². The van der Waals surface area contributed by atoms with Gasteiger partial charge in [-0.1, -0.05) is 72.4 Å². The normalized spacial score (nSPS) is 11.6. The van der Waals surface area contributed by atoms with Crippen LogP contribution in [0.25, 0.3) is 0 Å². The van der Waals surface area contributed by atoms with Crippen molar-refractivity contribution in [2.24, 2.45) is 0 Å². The Morgan fingerprint density at radius 3 is 1.88 bits per heavy atom. The Bertz CT molecular complexity index is 1160. The highest BCUT2D eigenvalue weighted by Gasteiger charge is 2.19. The number of hydrogen-bond acceptors (Lipinski definition) is 4. The molecule has 3 nitrogen and oxygen atoms in total. The van der Waals surface area contributed by atoms with E-state index in [1.165, 1.54) is 27.1 Å². The lowest BCUT2D eigenvalue weighted by Gasteiger charge is -2.13. The van der Waals surface area contributed by atoms with Crippen molar-refractivity contribution >= 4 is 29.5 Å². The molecule has 0 amide bonds. The predicted molar refractivity (Wildman–Crippen MR) is 140 cm³/mol. The number of aliphatic carboxylic acids is 1. The van der Waals surface area contributed by atoms with E-state index >= 15 is 0 Å². The molecular formula is C29H26O3S2. The Kier molecular flexibility index (Phi) is 8.71. The lowest BCUT2D eigenvalue weighted by Crippen LogP contribution is -2.19. The second-order valence-electron chi connectivity index (χ2n) is 7.76. The van der Waals surface area contributed by atoms with Crippen LogP contribution in [0.5, 0.6) is 5.75 Å². The van der Waals surface area contributed by atoms with Crippen molar-refractivity contribution < 1.29 is 14.6 Å². The Balaban J connectivity index is 1.24. The molecule has 1 N–H and O–H groups in total. The lowest BCUT2D eigenvalue weighted by molar-refractivity contribution is -0.136. The van der Waals surface area contributed by atoms with Crippen LogP contribution in [0.4, 0.5) is 0 Å². The first-order chi connectivity index (χ1) is 16.7. The zero-order chi connectivity index (χ0) is 23.6. The summed E-state index contributed by atoms with van der Waals surface area (Å²) in [5.74, 6) is -0.00930. The van der Waals surface area contributed by atoms with Gasteiger partial charge in [-0.15, -0.1) is 11.8 Å². The number of benzene rings is 4. The van der Waals surface area contributed by atoms with Gasteiger partial charge in [0.1, 0.15) is 11.0 Å². The fourth-order valence-corrected chi connectivity index (χ4v) is 5.27. The van der Waals surface area contributed by atoms with Gasteiger partial charge in [-0.05, 0) is 66.1 Å². The quantitative estimate of drug-likeness (QED) is 0.226. The summed E-state index contributed by atoms with van der Waals surface area (Å²) in [6.07, 6.45) is 1.29. The van der Waals surface area contributed by atoms with Crippen molar-refractivity contribution in [1.29, 1.82) is 0 Å². The molecule has 0 spiro atoms. The van der Waals surface area contributed by atoms with E-state index < -0.39 is 11.2 Å². The molecule has 4 aromatic rings. The average Bonchev–Trinajstić information content (AvgIpc) is 2.87. The Labute approximate surface area is 209 Å². The van der Waals surface area contributed by atoms with E-state index in [1.54, 1.807) is 11.8 Å². The van der Waals surface area contributed by atoms with Crippen LogP contribution in [0.3, 0.4) is 0 Å². The fraction of sp³-hybridized carbons (Fsp3) is 0.138. The average molecular weight is 487 g/mol. The first-order valence-corrected chi connectivity index (χ1v) is 12.8. The van der Waals surface area contributed by atoms with Crippen molar-refractivity contribution in [2.75, 3.05) is 6.61 Å². The molecule has 0 saturated heterocycles. The van der Waals surface area contributed by atoms with Crippen LogP contribution in [0.1, 0.15) is 11.1 Å². The van der Waals surface area contributed by atoms with E-state index in [4.69, 9.17) is 4.74 Å². The Morgan fingerprint density at radius 2 is 1.26 bits per heavy atom. The van der Waals surface area contributed by atoms with Crippen LogP contribution < -0.4 is 4.74 Å². The minimum atomic E-state index is -0.803. The highest BCUT2D eigenvalue weighted by Crippen LogP contribution is 2.28. The smallest absolute Gasteiger partial charge is 0.317 e. The molecule has 1 unspecified atom stereocenters. The summed E-state index contributed by atoms with van der Waals surface area (Å²) < 4.78 is 5.91. The summed E-state index contributed by atoms with van der Waals surface area (Å²) in [6.45, 7) is 0.589. The van der Waals surface area contributed by atoms with Crippen LogP contribution in [0, 0.1) is 0 Å². The number of carboxylic acids is 1. The van der Waals surface area contributed by atoms with Gasteiger partial charge in [0.25, 0.3) is 0 Å². The van der Waals surface area contributed by atoms with Gasteiger partial charge < -0.3 is 9.84 Å². The van der Waals surface area contributed by atoms with E-state index in [1.807, 2.05) is 60.7 Å². The highest BCUT2D eigenvalue weighted by molar-refractivity contribution is 8.00. The van der Waals surface area contributed by atoms with E-state index in [-0.39, 0.29) is 0 Å². The van der Waals surface area contributed by atoms with Gasteiger partial charge in [-0.25, -0.2) is 0 Å². The number of hydrogen-bond donors (Lipinski definition) is 1. The third kappa shape index (κ3) is 7.44. The fourth-order valence-electron chi connectivity index (χ4n) is 3.41. The van der Waals surface area contributed by atoms with E-state index in [9.17, 15) is 9.90 Å². The lowest BCUT2D eigenvalue weighted by atomic mass is 10.1. The first kappa shape index (κ1) is 24.0. The number of rotatable bonds is 11. The standard InChI is InChI=1S/C29H26O3S2/c30-29(31)28(34-26-9-5-2-6-10-26)21-23-11-15-24(16-12-23)32-20-19-22-13-17-27(18-14-22)33-25-7-3-1-4-8-25/h1-18,28H,19-21H2,(H,30,31). The SMILES string of the molecule is O=C(O)C(Cc1ccc(OCCc2ccc(Sc3ccccc3)cc2)cc1)Sc1ccccc1. The van der Waals surface area contributed by atoms with Gasteiger partial charge in [0.15, 0.2) is 0 Å². The van der Waals surface area contributed by atoms with Gasteiger partial charge in [0, 0.05) is 21.1 Å².